The van der Waals surface area contributed by atoms with Crippen LogP contribution >= 0.6 is 22.6 Å². The van der Waals surface area contributed by atoms with Crippen LogP contribution in [0.3, 0.4) is 0 Å². The summed E-state index contributed by atoms with van der Waals surface area (Å²) >= 11 is 2.99. The predicted octanol–water partition coefficient (Wildman–Crippen LogP) is -0.963. The Morgan fingerprint density at radius 3 is 2.20 bits per heavy atom. The van der Waals surface area contributed by atoms with Crippen molar-refractivity contribution in [1.82, 2.24) is 0 Å². The third-order valence-corrected chi connectivity index (χ3v) is 3.99. The van der Waals surface area contributed by atoms with Crippen LogP contribution in [0.15, 0.2) is 0 Å². The number of ether oxygens (including phenoxy) is 1. The molecule has 10 heavy (non-hydrogen) atoms. The molecule has 5 heteroatoms. The van der Waals surface area contributed by atoms with E-state index in [1.807, 2.05) is 0 Å². The van der Waals surface area contributed by atoms with Crippen LogP contribution in [0.4, 0.5) is 0 Å². The number of hydrogen-bond acceptors (Lipinski definition) is 3. The van der Waals surface area contributed by atoms with E-state index in [0.717, 1.165) is 28.8 Å². The van der Waals surface area contributed by atoms with Crippen molar-refractivity contribution in [1.29, 1.82) is 0 Å². The number of aliphatic hydroxyl groups is 2. The van der Waals surface area contributed by atoms with Gasteiger partial charge in [-0.3, -0.25) is 0 Å². The van der Waals surface area contributed by atoms with Crippen LogP contribution in [0.25, 0.3) is 0 Å². The second kappa shape index (κ2) is 3.93. The zero-order valence-corrected chi connectivity index (χ0v) is 10.7. The summed E-state index contributed by atoms with van der Waals surface area (Å²) < 4.78 is 5.93. The van der Waals surface area contributed by atoms with Gasteiger partial charge < -0.3 is 0 Å². The van der Waals surface area contributed by atoms with E-state index in [0.29, 0.717) is 0 Å². The fourth-order valence-electron chi connectivity index (χ4n) is 0.905. The van der Waals surface area contributed by atoms with Gasteiger partial charge in [0.05, 0.1) is 0 Å². The average molecular weight is 358 g/mol. The molecule has 56 valence electrons. The van der Waals surface area contributed by atoms with E-state index in [1.54, 1.807) is 0 Å². The Kier molecular flexibility index (Phi) is 3.76. The molecule has 0 bridgehead atoms. The maximum absolute atomic E-state index is 9.27. The fraction of sp³-hybridized carbons (Fsp3) is 1.00. The Morgan fingerprint density at radius 1 is 1.40 bits per heavy atom. The van der Waals surface area contributed by atoms with Crippen LogP contribution in [-0.2, 0) is 4.74 Å². The Labute approximate surface area is 87.9 Å². The second-order valence-electron chi connectivity index (χ2n) is 2.27. The van der Waals surface area contributed by atoms with Gasteiger partial charge >= 0.3 is 88.5 Å². The minimum absolute atomic E-state index is 0.0971. The molecule has 4 atom stereocenters. The van der Waals surface area contributed by atoms with E-state index in [-0.39, 0.29) is 9.96 Å². The number of halogens is 1. The minimum atomic E-state index is -0.669. The van der Waals surface area contributed by atoms with Crippen molar-refractivity contribution in [3.05, 3.63) is 0 Å². The molecule has 1 aliphatic rings. The van der Waals surface area contributed by atoms with Gasteiger partial charge in [0.25, 0.3) is 0 Å². The topological polar surface area (TPSA) is 49.7 Å². The number of rotatable bonds is 1. The summed E-state index contributed by atoms with van der Waals surface area (Å²) in [4.78, 5) is 0. The van der Waals surface area contributed by atoms with Gasteiger partial charge in [0.1, 0.15) is 0 Å². The molecule has 2 N–H and O–H groups in total. The summed E-state index contributed by atoms with van der Waals surface area (Å²) in [6.07, 6.45) is -1.48. The number of aliphatic hydroxyl groups excluding tert-OH is 2. The Balaban J connectivity index is 2.53. The number of hydrogen-bond donors (Lipinski definition) is 2. The molecule has 0 aliphatic carbocycles. The van der Waals surface area contributed by atoms with E-state index >= 15 is 0 Å². The van der Waals surface area contributed by atoms with Gasteiger partial charge in [-0.15, -0.1) is 0 Å². The second-order valence-corrected chi connectivity index (χ2v) is 5.03. The van der Waals surface area contributed by atoms with Crippen molar-refractivity contribution >= 4 is 47.0 Å². The first-order valence-corrected chi connectivity index (χ1v) is 6.42. The molecule has 0 unspecified atom stereocenters. The van der Waals surface area contributed by atoms with Gasteiger partial charge in [-0.1, -0.05) is 0 Å². The van der Waals surface area contributed by atoms with Crippen molar-refractivity contribution in [2.24, 2.45) is 0 Å². The molecule has 3 nitrogen and oxygen atoms in total. The third-order valence-electron chi connectivity index (χ3n) is 1.55. The number of alkyl halides is 1. The molecule has 0 aromatic carbocycles. The molecule has 0 saturated carbocycles. The Morgan fingerprint density at radius 2 is 2.00 bits per heavy atom. The fourth-order valence-corrected chi connectivity index (χ4v) is 2.86. The first-order chi connectivity index (χ1) is 4.66. The van der Waals surface area contributed by atoms with Crippen LogP contribution in [-0.4, -0.2) is 61.2 Å². The van der Waals surface area contributed by atoms with Gasteiger partial charge in [0.2, 0.25) is 0 Å². The summed E-state index contributed by atoms with van der Waals surface area (Å²) in [5, 5.41) is 18.5. The molecule has 0 spiro atoms. The van der Waals surface area contributed by atoms with Gasteiger partial charge in [-0.05, 0) is 0 Å². The molecule has 1 rings (SSSR count). The quantitative estimate of drug-likeness (QED) is 0.469. The zero-order chi connectivity index (χ0) is 7.72. The third kappa shape index (κ3) is 1.80. The van der Waals surface area contributed by atoms with Crippen molar-refractivity contribution < 1.29 is 14.9 Å². The summed E-state index contributed by atoms with van der Waals surface area (Å²) in [6, 6.07) is 0. The summed E-state index contributed by atoms with van der Waals surface area (Å²) in [7, 11) is 0. The first-order valence-electron chi connectivity index (χ1n) is 3.00. The van der Waals surface area contributed by atoms with E-state index in [1.165, 1.54) is 0 Å². The molecule has 0 aromatic rings. The van der Waals surface area contributed by atoms with Crippen LogP contribution < -0.4 is 0 Å². The van der Waals surface area contributed by atoms with Crippen LogP contribution in [0, 0.1) is 0 Å². The van der Waals surface area contributed by atoms with Crippen molar-refractivity contribution in [3.63, 3.8) is 0 Å². The van der Waals surface area contributed by atoms with Crippen molar-refractivity contribution in [2.75, 3.05) is 4.43 Å². The van der Waals surface area contributed by atoms with Crippen molar-refractivity contribution in [2.45, 2.75) is 22.2 Å². The molecular formula is C5H8IInO3. The molecule has 1 saturated heterocycles. The van der Waals surface area contributed by atoms with Crippen LogP contribution in [0.2, 0.25) is 0 Å². The van der Waals surface area contributed by atoms with Gasteiger partial charge in [-0.25, -0.2) is 0 Å². The van der Waals surface area contributed by atoms with Crippen molar-refractivity contribution in [3.8, 4) is 0 Å². The van der Waals surface area contributed by atoms with Gasteiger partial charge in [-0.2, -0.15) is 0 Å². The van der Waals surface area contributed by atoms with E-state index in [9.17, 15) is 10.2 Å². The van der Waals surface area contributed by atoms with E-state index in [2.05, 4.69) is 22.6 Å². The molecule has 0 aromatic heterocycles. The maximum atomic E-state index is 9.27. The standard InChI is InChI=1S/C5H8IO3.In/c6-1-4-5(8)3(7)2-9-4;/h2-5,7-8H,1H2;/t3-,4+,5-;/m0./s1. The molecule has 1 heterocycles. The summed E-state index contributed by atoms with van der Waals surface area (Å²) in [5.74, 6) is 0. The van der Waals surface area contributed by atoms with Crippen LogP contribution in [0.1, 0.15) is 0 Å². The monoisotopic (exact) mass is 358 g/mol. The zero-order valence-electron chi connectivity index (χ0n) is 5.27. The summed E-state index contributed by atoms with van der Waals surface area (Å²) in [5.41, 5.74) is 0. The van der Waals surface area contributed by atoms with Gasteiger partial charge in [0.15, 0.2) is 0 Å². The normalized spacial score (nSPS) is 47.9. The SMILES string of the molecule is O[C@@H]1[C@H](O)[C@@H](CI)O[C@H]1[In]. The van der Waals surface area contributed by atoms with Crippen LogP contribution in [0.5, 0.6) is 0 Å². The Bertz CT molecular complexity index is 123. The van der Waals surface area contributed by atoms with Gasteiger partial charge in [0, 0.05) is 0 Å². The molecule has 1 aliphatic heterocycles. The first kappa shape index (κ1) is 9.57. The summed E-state index contributed by atoms with van der Waals surface area (Å²) in [6.45, 7) is 0. The molecule has 0 amide bonds. The van der Waals surface area contributed by atoms with E-state index < -0.39 is 12.2 Å². The van der Waals surface area contributed by atoms with E-state index in [4.69, 9.17) is 4.74 Å². The average Bonchev–Trinajstić information content (AvgIpc) is 2.17. The molecule has 2 radical (unpaired) electrons. The molecular weight excluding hydrogens is 350 g/mol. The molecule has 1 fully saturated rings. The Hall–Kier alpha value is 1.48. The predicted molar refractivity (Wildman–Crippen MR) is 45.3 cm³/mol.